The van der Waals surface area contributed by atoms with Crippen molar-refractivity contribution < 1.29 is 4.79 Å². The molecule has 29 heavy (non-hydrogen) atoms. The molecule has 1 aliphatic carbocycles. The van der Waals surface area contributed by atoms with Gasteiger partial charge >= 0.3 is 0 Å². The minimum atomic E-state index is -0.288. The van der Waals surface area contributed by atoms with E-state index in [2.05, 4.69) is 0 Å². The van der Waals surface area contributed by atoms with Gasteiger partial charge in [0.15, 0.2) is 0 Å². The average Bonchev–Trinajstić information content (AvgIpc) is 3.57. The Morgan fingerprint density at radius 2 is 1.97 bits per heavy atom. The number of hydrogen-bond acceptors (Lipinski definition) is 3. The molecule has 1 unspecified atom stereocenters. The molecule has 0 N–H and O–H groups in total. The van der Waals surface area contributed by atoms with E-state index in [-0.39, 0.29) is 23.4 Å². The summed E-state index contributed by atoms with van der Waals surface area (Å²) in [5.74, 6) is 0.838. The van der Waals surface area contributed by atoms with Crippen molar-refractivity contribution >= 4 is 28.4 Å². The maximum atomic E-state index is 13.5. The summed E-state index contributed by atoms with van der Waals surface area (Å²) in [5.41, 5.74) is 1.14. The van der Waals surface area contributed by atoms with E-state index < -0.39 is 0 Å². The van der Waals surface area contributed by atoms with Crippen molar-refractivity contribution in [2.45, 2.75) is 39.2 Å². The summed E-state index contributed by atoms with van der Waals surface area (Å²) in [6.07, 6.45) is 2.55. The van der Waals surface area contributed by atoms with Crippen LogP contribution in [0.4, 0.5) is 0 Å². The molecule has 150 valence electrons. The van der Waals surface area contributed by atoms with Crippen LogP contribution in [0.3, 0.4) is 0 Å². The molecule has 1 fully saturated rings. The Labute approximate surface area is 174 Å². The normalized spacial score (nSPS) is 14.7. The van der Waals surface area contributed by atoms with Crippen LogP contribution >= 0.6 is 11.6 Å². The molecule has 0 aliphatic heterocycles. The minimum absolute atomic E-state index is 0.107. The second kappa shape index (κ2) is 7.99. The Balaban J connectivity index is 1.97. The molecule has 1 saturated carbocycles. The zero-order valence-corrected chi connectivity index (χ0v) is 17.4. The van der Waals surface area contributed by atoms with E-state index in [4.69, 9.17) is 16.6 Å². The maximum absolute atomic E-state index is 13.5. The third kappa shape index (κ3) is 3.67. The molecule has 1 aliphatic rings. The predicted octanol–water partition coefficient (Wildman–Crippen LogP) is 4.75. The Bertz CT molecular complexity index is 1120. The highest BCUT2D eigenvalue weighted by molar-refractivity contribution is 6.30. The number of carbonyl (C=O) groups is 1. The van der Waals surface area contributed by atoms with Gasteiger partial charge in [-0.3, -0.25) is 14.2 Å². The van der Waals surface area contributed by atoms with E-state index in [9.17, 15) is 9.59 Å². The van der Waals surface area contributed by atoms with Gasteiger partial charge in [0.25, 0.3) is 5.56 Å². The average molecular weight is 410 g/mol. The van der Waals surface area contributed by atoms with Gasteiger partial charge in [0, 0.05) is 17.5 Å². The summed E-state index contributed by atoms with van der Waals surface area (Å²) in [7, 11) is 0. The second-order valence-electron chi connectivity index (χ2n) is 7.43. The summed E-state index contributed by atoms with van der Waals surface area (Å²) in [6.45, 7) is 4.58. The number of para-hydroxylation sites is 1. The van der Waals surface area contributed by atoms with E-state index >= 15 is 0 Å². The molecule has 0 bridgehead atoms. The summed E-state index contributed by atoms with van der Waals surface area (Å²) in [4.78, 5) is 33.2. The van der Waals surface area contributed by atoms with Gasteiger partial charge < -0.3 is 4.90 Å². The highest BCUT2D eigenvalue weighted by Gasteiger charge is 2.37. The molecule has 1 amide bonds. The van der Waals surface area contributed by atoms with Gasteiger partial charge in [-0.15, -0.1) is 0 Å². The fraction of sp³-hybridized carbons (Fsp3) is 0.348. The number of benzene rings is 2. The predicted molar refractivity (Wildman–Crippen MR) is 115 cm³/mol. The molecule has 1 atom stereocenters. The molecule has 1 heterocycles. The molecular weight excluding hydrogens is 386 g/mol. The van der Waals surface area contributed by atoms with Crippen LogP contribution in [-0.4, -0.2) is 26.9 Å². The number of amides is 1. The van der Waals surface area contributed by atoms with Crippen LogP contribution in [0.2, 0.25) is 5.02 Å². The molecular formula is C23H24ClN3O2. The fourth-order valence-corrected chi connectivity index (χ4v) is 4.06. The Morgan fingerprint density at radius 1 is 1.21 bits per heavy atom. The first-order valence-corrected chi connectivity index (χ1v) is 10.5. The fourth-order valence-electron chi connectivity index (χ4n) is 3.88. The molecule has 3 aromatic rings. The van der Waals surface area contributed by atoms with E-state index in [0.29, 0.717) is 40.4 Å². The third-order valence-electron chi connectivity index (χ3n) is 5.48. The molecule has 4 rings (SSSR count). The van der Waals surface area contributed by atoms with Crippen LogP contribution in [0.1, 0.15) is 45.0 Å². The molecule has 0 radical (unpaired) electrons. The summed E-state index contributed by atoms with van der Waals surface area (Å²) < 4.78 is 1.62. The lowest BCUT2D eigenvalue weighted by molar-refractivity contribution is -0.135. The summed E-state index contributed by atoms with van der Waals surface area (Å²) in [5, 5.41) is 1.09. The largest absolute Gasteiger partial charge is 0.333 e. The van der Waals surface area contributed by atoms with Crippen LogP contribution in [0.5, 0.6) is 0 Å². The van der Waals surface area contributed by atoms with Crippen molar-refractivity contribution in [3.05, 3.63) is 69.7 Å². The Hall–Kier alpha value is -2.66. The standard InChI is InChI=1S/C23H24ClN3O2/c1-3-20(26(4-2)22(28)15-12-13-15)21-25-19-11-6-5-10-18(19)23(29)27(21)17-9-7-8-16(24)14-17/h5-11,14-15,20H,3-4,12-13H2,1-2H3. The number of carbonyl (C=O) groups excluding carboxylic acids is 1. The molecule has 5 nitrogen and oxygen atoms in total. The lowest BCUT2D eigenvalue weighted by Crippen LogP contribution is -2.39. The topological polar surface area (TPSA) is 55.2 Å². The molecule has 6 heteroatoms. The molecule has 0 saturated heterocycles. The highest BCUT2D eigenvalue weighted by atomic mass is 35.5. The van der Waals surface area contributed by atoms with Gasteiger partial charge in [-0.05, 0) is 56.5 Å². The van der Waals surface area contributed by atoms with Gasteiger partial charge in [0.2, 0.25) is 5.91 Å². The highest BCUT2D eigenvalue weighted by Crippen LogP contribution is 2.35. The number of rotatable bonds is 6. The van der Waals surface area contributed by atoms with Crippen molar-refractivity contribution in [1.29, 1.82) is 0 Å². The monoisotopic (exact) mass is 409 g/mol. The number of hydrogen-bond donors (Lipinski definition) is 0. The van der Waals surface area contributed by atoms with Gasteiger partial charge in [-0.1, -0.05) is 36.7 Å². The van der Waals surface area contributed by atoms with Crippen LogP contribution in [0.25, 0.3) is 16.6 Å². The molecule has 2 aromatic carbocycles. The zero-order valence-electron chi connectivity index (χ0n) is 16.6. The van der Waals surface area contributed by atoms with Crippen molar-refractivity contribution in [3.63, 3.8) is 0 Å². The van der Waals surface area contributed by atoms with Crippen molar-refractivity contribution in [2.75, 3.05) is 6.54 Å². The van der Waals surface area contributed by atoms with Gasteiger partial charge in [0.05, 0.1) is 22.6 Å². The first-order valence-electron chi connectivity index (χ1n) is 10.1. The van der Waals surface area contributed by atoms with Crippen molar-refractivity contribution in [1.82, 2.24) is 14.5 Å². The lowest BCUT2D eigenvalue weighted by atomic mass is 10.1. The Morgan fingerprint density at radius 3 is 2.62 bits per heavy atom. The molecule has 0 spiro atoms. The van der Waals surface area contributed by atoms with E-state index in [1.807, 2.05) is 49.1 Å². The van der Waals surface area contributed by atoms with Crippen molar-refractivity contribution in [3.8, 4) is 5.69 Å². The number of aromatic nitrogens is 2. The molecule has 1 aromatic heterocycles. The SMILES string of the molecule is CCC(c1nc2ccccc2c(=O)n1-c1cccc(Cl)c1)N(CC)C(=O)C1CC1. The van der Waals surface area contributed by atoms with E-state index in [1.54, 1.807) is 22.8 Å². The van der Waals surface area contributed by atoms with E-state index in [1.165, 1.54) is 0 Å². The van der Waals surface area contributed by atoms with E-state index in [0.717, 1.165) is 12.8 Å². The van der Waals surface area contributed by atoms with Crippen LogP contribution < -0.4 is 5.56 Å². The number of halogens is 1. The zero-order chi connectivity index (χ0) is 20.5. The number of nitrogens with zero attached hydrogens (tertiary/aromatic N) is 3. The Kier molecular flexibility index (Phi) is 5.41. The maximum Gasteiger partial charge on any atom is 0.266 e. The third-order valence-corrected chi connectivity index (χ3v) is 5.71. The van der Waals surface area contributed by atoms with Gasteiger partial charge in [0.1, 0.15) is 5.82 Å². The smallest absolute Gasteiger partial charge is 0.266 e. The second-order valence-corrected chi connectivity index (χ2v) is 7.87. The van der Waals surface area contributed by atoms with Crippen LogP contribution in [0, 0.1) is 5.92 Å². The van der Waals surface area contributed by atoms with Crippen molar-refractivity contribution in [2.24, 2.45) is 5.92 Å². The minimum Gasteiger partial charge on any atom is -0.333 e. The first kappa shape index (κ1) is 19.6. The van der Waals surface area contributed by atoms with Gasteiger partial charge in [-0.25, -0.2) is 4.98 Å². The summed E-state index contributed by atoms with van der Waals surface area (Å²) in [6, 6.07) is 14.2. The quantitative estimate of drug-likeness (QED) is 0.590. The number of fused-ring (bicyclic) bond motifs is 1. The van der Waals surface area contributed by atoms with Gasteiger partial charge in [-0.2, -0.15) is 0 Å². The summed E-state index contributed by atoms with van der Waals surface area (Å²) >= 11 is 6.22. The first-order chi connectivity index (χ1) is 14.0. The van der Waals surface area contributed by atoms with Crippen LogP contribution in [-0.2, 0) is 4.79 Å². The van der Waals surface area contributed by atoms with Crippen LogP contribution in [0.15, 0.2) is 53.3 Å². The lowest BCUT2D eigenvalue weighted by Gasteiger charge is -2.31.